The van der Waals surface area contributed by atoms with Gasteiger partial charge in [0.15, 0.2) is 12.4 Å². The van der Waals surface area contributed by atoms with Crippen LogP contribution in [0.1, 0.15) is 40.9 Å². The molecule has 142 valence electrons. The maximum atomic E-state index is 12.5. The molecular formula is C23H22N2O3. The number of carbonyl (C=O) groups is 2. The minimum Gasteiger partial charge on any atom is -0.484 e. The highest BCUT2D eigenvalue weighted by Gasteiger charge is 2.17. The molecule has 3 aromatic rings. The number of nitrogens with one attached hydrogen (secondary N) is 1. The van der Waals surface area contributed by atoms with E-state index in [-0.39, 0.29) is 24.3 Å². The Morgan fingerprint density at radius 1 is 0.929 bits per heavy atom. The third kappa shape index (κ3) is 5.04. The van der Waals surface area contributed by atoms with Crippen molar-refractivity contribution in [3.05, 3.63) is 95.8 Å². The number of ketones is 1. The quantitative estimate of drug-likeness (QED) is 0.606. The number of pyridine rings is 1. The highest BCUT2D eigenvalue weighted by atomic mass is 16.5. The van der Waals surface area contributed by atoms with Gasteiger partial charge >= 0.3 is 0 Å². The molecule has 0 saturated heterocycles. The van der Waals surface area contributed by atoms with Crippen molar-refractivity contribution >= 4 is 11.7 Å². The lowest BCUT2D eigenvalue weighted by molar-refractivity contribution is -0.123. The van der Waals surface area contributed by atoms with Crippen molar-refractivity contribution in [2.45, 2.75) is 19.4 Å². The van der Waals surface area contributed by atoms with Gasteiger partial charge in [-0.15, -0.1) is 0 Å². The normalized spacial score (nSPS) is 11.5. The molecule has 28 heavy (non-hydrogen) atoms. The summed E-state index contributed by atoms with van der Waals surface area (Å²) in [5.74, 6) is 0.384. The lowest BCUT2D eigenvalue weighted by Gasteiger charge is -2.20. The van der Waals surface area contributed by atoms with Crippen molar-refractivity contribution in [1.29, 1.82) is 0 Å². The predicted octanol–water partition coefficient (Wildman–Crippen LogP) is 3.96. The summed E-state index contributed by atoms with van der Waals surface area (Å²) in [5, 5.41) is 3.01. The van der Waals surface area contributed by atoms with Gasteiger partial charge in [-0.25, -0.2) is 0 Å². The molecule has 5 heteroatoms. The molecular weight excluding hydrogens is 352 g/mol. The Morgan fingerprint density at radius 2 is 1.57 bits per heavy atom. The van der Waals surface area contributed by atoms with E-state index in [0.717, 1.165) is 11.1 Å². The van der Waals surface area contributed by atoms with E-state index < -0.39 is 0 Å². The molecule has 0 aliphatic heterocycles. The number of hydrogen-bond donors (Lipinski definition) is 1. The highest BCUT2D eigenvalue weighted by molar-refractivity contribution is 5.95. The van der Waals surface area contributed by atoms with E-state index in [0.29, 0.717) is 17.7 Å². The molecule has 5 nitrogen and oxygen atoms in total. The van der Waals surface area contributed by atoms with E-state index >= 15 is 0 Å². The van der Waals surface area contributed by atoms with Crippen LogP contribution in [0, 0.1) is 0 Å². The van der Waals surface area contributed by atoms with E-state index in [4.69, 9.17) is 4.74 Å². The molecule has 1 heterocycles. The van der Waals surface area contributed by atoms with Crippen LogP contribution in [0.15, 0.2) is 79.1 Å². The zero-order valence-corrected chi connectivity index (χ0v) is 15.7. The Balaban J connectivity index is 1.65. The number of nitrogens with zero attached hydrogens (tertiary/aromatic N) is 1. The average molecular weight is 374 g/mol. The Bertz CT molecular complexity index is 870. The molecule has 1 amide bonds. The fourth-order valence-electron chi connectivity index (χ4n) is 2.85. The SMILES string of the molecule is CCC(=O)c1ccc(OCC(=O)N[C@H](c2ccccc2)c2ccncc2)cc1. The van der Waals surface area contributed by atoms with Crippen LogP contribution in [0.25, 0.3) is 0 Å². The van der Waals surface area contributed by atoms with Gasteiger partial charge in [-0.3, -0.25) is 14.6 Å². The first-order chi connectivity index (χ1) is 13.7. The Morgan fingerprint density at radius 3 is 2.21 bits per heavy atom. The molecule has 0 aliphatic carbocycles. The topological polar surface area (TPSA) is 68.3 Å². The van der Waals surface area contributed by atoms with E-state index in [2.05, 4.69) is 10.3 Å². The summed E-state index contributed by atoms with van der Waals surface area (Å²) in [6, 6.07) is 20.0. The minimum absolute atomic E-state index is 0.0762. The van der Waals surface area contributed by atoms with Gasteiger partial charge < -0.3 is 10.1 Å². The Hall–Kier alpha value is -3.47. The minimum atomic E-state index is -0.287. The molecule has 0 saturated carbocycles. The number of benzene rings is 2. The molecule has 0 bridgehead atoms. The zero-order valence-electron chi connectivity index (χ0n) is 15.7. The zero-order chi connectivity index (χ0) is 19.8. The van der Waals surface area contributed by atoms with Gasteiger partial charge in [0.25, 0.3) is 5.91 Å². The first-order valence-electron chi connectivity index (χ1n) is 9.17. The fraction of sp³-hybridized carbons (Fsp3) is 0.174. The number of carbonyl (C=O) groups excluding carboxylic acids is 2. The van der Waals surface area contributed by atoms with Crippen LogP contribution in [0.4, 0.5) is 0 Å². The van der Waals surface area contributed by atoms with Gasteiger partial charge in [-0.2, -0.15) is 0 Å². The molecule has 0 fully saturated rings. The van der Waals surface area contributed by atoms with Gasteiger partial charge in [0.05, 0.1) is 6.04 Å². The van der Waals surface area contributed by atoms with Crippen LogP contribution in [-0.2, 0) is 4.79 Å². The number of rotatable bonds is 8. The second-order valence-corrected chi connectivity index (χ2v) is 6.28. The number of hydrogen-bond acceptors (Lipinski definition) is 4. The molecule has 1 atom stereocenters. The monoisotopic (exact) mass is 374 g/mol. The third-order valence-electron chi connectivity index (χ3n) is 4.35. The van der Waals surface area contributed by atoms with Crippen molar-refractivity contribution < 1.29 is 14.3 Å². The number of Topliss-reactive ketones (excluding diaryl/α,β-unsaturated/α-hetero) is 1. The van der Waals surface area contributed by atoms with E-state index in [1.807, 2.05) is 49.4 Å². The molecule has 2 aromatic carbocycles. The second-order valence-electron chi connectivity index (χ2n) is 6.28. The lowest BCUT2D eigenvalue weighted by Crippen LogP contribution is -2.33. The van der Waals surface area contributed by atoms with Crippen molar-refractivity contribution in [2.75, 3.05) is 6.61 Å². The highest BCUT2D eigenvalue weighted by Crippen LogP contribution is 2.21. The molecule has 0 radical (unpaired) electrons. The average Bonchev–Trinajstić information content (AvgIpc) is 2.77. The number of amides is 1. The second kappa shape index (κ2) is 9.46. The van der Waals surface area contributed by atoms with Crippen LogP contribution >= 0.6 is 0 Å². The lowest BCUT2D eigenvalue weighted by atomic mass is 10.00. The summed E-state index contributed by atoms with van der Waals surface area (Å²) in [6.45, 7) is 1.71. The molecule has 0 unspecified atom stereocenters. The summed E-state index contributed by atoms with van der Waals surface area (Å²) >= 11 is 0. The molecule has 1 N–H and O–H groups in total. The number of aromatic nitrogens is 1. The first-order valence-corrected chi connectivity index (χ1v) is 9.17. The summed E-state index contributed by atoms with van der Waals surface area (Å²) in [4.78, 5) is 28.2. The van der Waals surface area contributed by atoms with Gasteiger partial charge in [0, 0.05) is 24.4 Å². The number of ether oxygens (including phenoxy) is 1. The molecule has 0 spiro atoms. The standard InChI is InChI=1S/C23H22N2O3/c1-2-21(26)17-8-10-20(11-9-17)28-16-22(27)25-23(18-6-4-3-5-7-18)19-12-14-24-15-13-19/h3-15,23H,2,16H2,1H3,(H,25,27)/t23-/m1/s1. The summed E-state index contributed by atoms with van der Waals surface area (Å²) in [5.41, 5.74) is 2.56. The van der Waals surface area contributed by atoms with Crippen molar-refractivity contribution in [3.63, 3.8) is 0 Å². The van der Waals surface area contributed by atoms with Gasteiger partial charge in [0.2, 0.25) is 0 Å². The fourth-order valence-corrected chi connectivity index (χ4v) is 2.85. The van der Waals surface area contributed by atoms with Gasteiger partial charge in [-0.1, -0.05) is 37.3 Å². The molecule has 1 aromatic heterocycles. The van der Waals surface area contributed by atoms with E-state index in [9.17, 15) is 9.59 Å². The van der Waals surface area contributed by atoms with Gasteiger partial charge in [0.1, 0.15) is 5.75 Å². The molecule has 3 rings (SSSR count). The first kappa shape index (κ1) is 19.3. The predicted molar refractivity (Wildman–Crippen MR) is 107 cm³/mol. The van der Waals surface area contributed by atoms with E-state index in [1.165, 1.54) is 0 Å². The van der Waals surface area contributed by atoms with Crippen LogP contribution in [0.2, 0.25) is 0 Å². The Labute approximate surface area is 164 Å². The van der Waals surface area contributed by atoms with Crippen LogP contribution in [0.5, 0.6) is 5.75 Å². The van der Waals surface area contributed by atoms with Crippen LogP contribution in [0.3, 0.4) is 0 Å². The van der Waals surface area contributed by atoms with Crippen LogP contribution < -0.4 is 10.1 Å². The maximum absolute atomic E-state index is 12.5. The van der Waals surface area contributed by atoms with Crippen molar-refractivity contribution in [2.24, 2.45) is 0 Å². The molecule has 0 aliphatic rings. The Kier molecular flexibility index (Phi) is 6.52. The van der Waals surface area contributed by atoms with E-state index in [1.54, 1.807) is 36.7 Å². The smallest absolute Gasteiger partial charge is 0.258 e. The van der Waals surface area contributed by atoms with Crippen molar-refractivity contribution in [1.82, 2.24) is 10.3 Å². The third-order valence-corrected chi connectivity index (χ3v) is 4.35. The summed E-state index contributed by atoms with van der Waals surface area (Å²) in [6.07, 6.45) is 3.86. The maximum Gasteiger partial charge on any atom is 0.258 e. The van der Waals surface area contributed by atoms with Crippen molar-refractivity contribution in [3.8, 4) is 5.75 Å². The van der Waals surface area contributed by atoms with Crippen LogP contribution in [-0.4, -0.2) is 23.3 Å². The summed E-state index contributed by atoms with van der Waals surface area (Å²) < 4.78 is 5.57. The van der Waals surface area contributed by atoms with Gasteiger partial charge in [-0.05, 0) is 47.5 Å². The summed E-state index contributed by atoms with van der Waals surface area (Å²) in [7, 11) is 0. The largest absolute Gasteiger partial charge is 0.484 e.